The zero-order valence-electron chi connectivity index (χ0n) is 10.5. The van der Waals surface area contributed by atoms with E-state index in [0.717, 1.165) is 6.42 Å². The van der Waals surface area contributed by atoms with Crippen molar-refractivity contribution >= 4 is 16.7 Å². The highest BCUT2D eigenvalue weighted by Gasteiger charge is 2.14. The summed E-state index contributed by atoms with van der Waals surface area (Å²) in [4.78, 5) is 14.7. The highest BCUT2D eigenvalue weighted by Crippen LogP contribution is 2.22. The van der Waals surface area contributed by atoms with E-state index < -0.39 is 0 Å². The molecule has 0 radical (unpaired) electrons. The topological polar surface area (TPSA) is 44.9 Å². The molecule has 0 aliphatic carbocycles. The lowest BCUT2D eigenvalue weighted by Gasteiger charge is -2.11. The molecule has 17 heavy (non-hydrogen) atoms. The van der Waals surface area contributed by atoms with Crippen molar-refractivity contribution in [2.75, 3.05) is 7.05 Å². The summed E-state index contributed by atoms with van der Waals surface area (Å²) in [5.41, 5.74) is 3.59. The summed E-state index contributed by atoms with van der Waals surface area (Å²) >= 11 is 0. The molecule has 3 nitrogen and oxygen atoms in total. The van der Waals surface area contributed by atoms with E-state index in [9.17, 15) is 4.79 Å². The third-order valence-corrected chi connectivity index (χ3v) is 3.27. The number of carbonyl (C=O) groups excluding carboxylic acids is 1. The van der Waals surface area contributed by atoms with Crippen molar-refractivity contribution in [3.63, 3.8) is 0 Å². The van der Waals surface area contributed by atoms with Crippen LogP contribution in [0.2, 0.25) is 0 Å². The molecule has 1 aromatic carbocycles. The third-order valence-electron chi connectivity index (χ3n) is 3.27. The van der Waals surface area contributed by atoms with Crippen molar-refractivity contribution < 1.29 is 4.79 Å². The number of benzene rings is 1. The summed E-state index contributed by atoms with van der Waals surface area (Å²) in [5.74, 6) is 0.175. The Morgan fingerprint density at radius 3 is 2.88 bits per heavy atom. The Morgan fingerprint density at radius 2 is 2.24 bits per heavy atom. The minimum atomic E-state index is -0.102. The number of rotatable bonds is 4. The van der Waals surface area contributed by atoms with Crippen LogP contribution in [0.5, 0.6) is 0 Å². The quantitative estimate of drug-likeness (QED) is 0.845. The normalized spacial score (nSPS) is 12.9. The van der Waals surface area contributed by atoms with Crippen LogP contribution in [-0.2, 0) is 11.2 Å². The van der Waals surface area contributed by atoms with Gasteiger partial charge in [-0.15, -0.1) is 0 Å². The number of ketones is 1. The summed E-state index contributed by atoms with van der Waals surface area (Å²) in [6, 6.07) is 6.14. The van der Waals surface area contributed by atoms with Gasteiger partial charge in [-0.05, 0) is 38.4 Å². The van der Waals surface area contributed by atoms with Crippen molar-refractivity contribution in [1.82, 2.24) is 10.3 Å². The van der Waals surface area contributed by atoms with Crippen LogP contribution >= 0.6 is 0 Å². The first-order valence-corrected chi connectivity index (χ1v) is 5.86. The summed E-state index contributed by atoms with van der Waals surface area (Å²) in [6.45, 7) is 3.71. The first-order valence-electron chi connectivity index (χ1n) is 5.86. The Balaban J connectivity index is 2.37. The van der Waals surface area contributed by atoms with E-state index in [-0.39, 0.29) is 11.8 Å². The number of fused-ring (bicyclic) bond motifs is 1. The van der Waals surface area contributed by atoms with Crippen LogP contribution < -0.4 is 5.32 Å². The van der Waals surface area contributed by atoms with E-state index in [2.05, 4.69) is 35.4 Å². The van der Waals surface area contributed by atoms with Gasteiger partial charge in [-0.1, -0.05) is 18.2 Å². The molecule has 3 heteroatoms. The minimum absolute atomic E-state index is 0.102. The molecule has 2 rings (SSSR count). The van der Waals surface area contributed by atoms with Crippen LogP contribution in [-0.4, -0.2) is 23.9 Å². The molecule has 1 atom stereocenters. The van der Waals surface area contributed by atoms with Crippen LogP contribution in [0.25, 0.3) is 10.9 Å². The number of nitrogens with one attached hydrogen (secondary N) is 2. The van der Waals surface area contributed by atoms with Crippen LogP contribution in [0.4, 0.5) is 0 Å². The van der Waals surface area contributed by atoms with E-state index in [1.54, 1.807) is 6.92 Å². The predicted octanol–water partition coefficient (Wildman–Crippen LogP) is 2.20. The van der Waals surface area contributed by atoms with Crippen molar-refractivity contribution in [3.05, 3.63) is 35.5 Å². The average molecular weight is 230 g/mol. The highest BCUT2D eigenvalue weighted by molar-refractivity contribution is 5.87. The number of aromatic amines is 1. The molecule has 2 N–H and O–H groups in total. The van der Waals surface area contributed by atoms with Crippen LogP contribution in [0.1, 0.15) is 18.1 Å². The second-order valence-corrected chi connectivity index (χ2v) is 4.47. The molecule has 0 bridgehead atoms. The molecule has 0 amide bonds. The van der Waals surface area contributed by atoms with Gasteiger partial charge in [-0.25, -0.2) is 0 Å². The van der Waals surface area contributed by atoms with Crippen molar-refractivity contribution in [1.29, 1.82) is 0 Å². The zero-order chi connectivity index (χ0) is 12.4. The largest absolute Gasteiger partial charge is 0.361 e. The zero-order valence-corrected chi connectivity index (χ0v) is 10.5. The molecule has 0 saturated heterocycles. The molecule has 0 aliphatic heterocycles. The fourth-order valence-corrected chi connectivity index (χ4v) is 2.20. The predicted molar refractivity (Wildman–Crippen MR) is 70.3 cm³/mol. The van der Waals surface area contributed by atoms with Gasteiger partial charge < -0.3 is 10.3 Å². The number of hydrogen-bond donors (Lipinski definition) is 2. The molecule has 0 fully saturated rings. The van der Waals surface area contributed by atoms with Crippen LogP contribution in [0, 0.1) is 6.92 Å². The van der Waals surface area contributed by atoms with Gasteiger partial charge in [-0.3, -0.25) is 4.79 Å². The molecular formula is C14H18N2O. The Morgan fingerprint density at radius 1 is 1.47 bits per heavy atom. The average Bonchev–Trinajstić information content (AvgIpc) is 2.70. The van der Waals surface area contributed by atoms with Gasteiger partial charge in [0, 0.05) is 17.1 Å². The Hall–Kier alpha value is -1.61. The molecule has 1 unspecified atom stereocenters. The van der Waals surface area contributed by atoms with E-state index in [0.29, 0.717) is 0 Å². The highest BCUT2D eigenvalue weighted by atomic mass is 16.1. The summed E-state index contributed by atoms with van der Waals surface area (Å²) < 4.78 is 0. The molecular weight excluding hydrogens is 212 g/mol. The van der Waals surface area contributed by atoms with Crippen molar-refractivity contribution in [2.45, 2.75) is 26.3 Å². The second kappa shape index (κ2) is 4.72. The maximum Gasteiger partial charge on any atom is 0.147 e. The molecule has 90 valence electrons. The summed E-state index contributed by atoms with van der Waals surface area (Å²) in [5, 5.41) is 4.27. The van der Waals surface area contributed by atoms with E-state index in [1.807, 2.05) is 13.2 Å². The fraction of sp³-hybridized carbons (Fsp3) is 0.357. The van der Waals surface area contributed by atoms with Crippen LogP contribution in [0.3, 0.4) is 0 Å². The maximum atomic E-state index is 11.4. The number of aryl methyl sites for hydroxylation is 1. The lowest BCUT2D eigenvalue weighted by atomic mass is 10.0. The Kier molecular flexibility index (Phi) is 3.29. The maximum absolute atomic E-state index is 11.4. The SMILES string of the molecule is CNC(Cc1c[nH]c2c(C)cccc12)C(C)=O. The van der Waals surface area contributed by atoms with E-state index >= 15 is 0 Å². The summed E-state index contributed by atoms with van der Waals surface area (Å²) in [7, 11) is 1.83. The number of carbonyl (C=O) groups is 1. The summed E-state index contributed by atoms with van der Waals surface area (Å²) in [6.07, 6.45) is 2.74. The lowest BCUT2D eigenvalue weighted by Crippen LogP contribution is -2.34. The number of likely N-dealkylation sites (N-methyl/N-ethyl adjacent to an activating group) is 1. The number of hydrogen-bond acceptors (Lipinski definition) is 2. The number of H-pyrrole nitrogens is 1. The van der Waals surface area contributed by atoms with Gasteiger partial charge in [0.1, 0.15) is 5.78 Å². The van der Waals surface area contributed by atoms with Crippen molar-refractivity contribution in [3.8, 4) is 0 Å². The molecule has 0 aliphatic rings. The molecule has 2 aromatic rings. The van der Waals surface area contributed by atoms with Gasteiger partial charge in [0.25, 0.3) is 0 Å². The van der Waals surface area contributed by atoms with Crippen LogP contribution in [0.15, 0.2) is 24.4 Å². The van der Waals surface area contributed by atoms with Crippen molar-refractivity contribution in [2.24, 2.45) is 0 Å². The lowest BCUT2D eigenvalue weighted by molar-refractivity contribution is -0.118. The smallest absolute Gasteiger partial charge is 0.147 e. The number of Topliss-reactive ketones (excluding diaryl/α,β-unsaturated/α-hetero) is 1. The van der Waals surface area contributed by atoms with Gasteiger partial charge in [0.05, 0.1) is 6.04 Å². The minimum Gasteiger partial charge on any atom is -0.361 e. The third kappa shape index (κ3) is 2.24. The number of aromatic nitrogens is 1. The van der Waals surface area contributed by atoms with E-state index in [1.165, 1.54) is 22.0 Å². The molecule has 0 saturated carbocycles. The van der Waals surface area contributed by atoms with Gasteiger partial charge >= 0.3 is 0 Å². The van der Waals surface area contributed by atoms with Gasteiger partial charge in [0.2, 0.25) is 0 Å². The second-order valence-electron chi connectivity index (χ2n) is 4.47. The first kappa shape index (κ1) is 11.9. The molecule has 1 aromatic heterocycles. The van der Waals surface area contributed by atoms with Gasteiger partial charge in [0.15, 0.2) is 0 Å². The number of para-hydroxylation sites is 1. The molecule has 0 spiro atoms. The standard InChI is InChI=1S/C14H18N2O/c1-9-5-4-6-12-11(8-16-14(9)12)7-13(15-3)10(2)17/h4-6,8,13,15-16H,7H2,1-3H3. The Bertz CT molecular complexity index is 542. The monoisotopic (exact) mass is 230 g/mol. The Labute approximate surface area is 101 Å². The fourth-order valence-electron chi connectivity index (χ4n) is 2.20. The van der Waals surface area contributed by atoms with E-state index in [4.69, 9.17) is 0 Å². The first-order chi connectivity index (χ1) is 8.13. The van der Waals surface area contributed by atoms with Gasteiger partial charge in [-0.2, -0.15) is 0 Å². The molecule has 1 heterocycles.